The zero-order valence-corrected chi connectivity index (χ0v) is 19.9. The molecule has 0 bridgehead atoms. The van der Waals surface area contributed by atoms with E-state index in [4.69, 9.17) is 9.47 Å². The van der Waals surface area contributed by atoms with Gasteiger partial charge >= 0.3 is 5.97 Å². The molecule has 0 aliphatic carbocycles. The number of hydrogen-bond donors (Lipinski definition) is 2. The molecule has 2 heterocycles. The molecule has 4 rings (SSSR count). The number of ether oxygens (including phenoxy) is 2. The lowest BCUT2D eigenvalue weighted by Crippen LogP contribution is -2.55. The molecule has 1 unspecified atom stereocenters. The van der Waals surface area contributed by atoms with Gasteiger partial charge in [0.15, 0.2) is 0 Å². The third kappa shape index (κ3) is 6.33. The number of carbonyl (C=O) groups excluding carboxylic acids is 2. The largest absolute Gasteiger partial charge is 0.497 e. The molecule has 1 aliphatic heterocycles. The van der Waals surface area contributed by atoms with Crippen LogP contribution in [0.3, 0.4) is 0 Å². The van der Waals surface area contributed by atoms with Crippen LogP contribution in [0.1, 0.15) is 18.9 Å². The standard InChI is InChI=1S/C26H29N5O4/c1-3-35-24(32)14-23-25(33)31(13-12-27-23)17-18-4-8-21(9-5-18)30-26-28-15-20(16-29-26)19-6-10-22(34-2)11-7-19/h4-11,15-16,23,27H,3,12-14,17H2,1-2H3,(H,28,29,30). The van der Waals surface area contributed by atoms with Crippen molar-refractivity contribution >= 4 is 23.5 Å². The Morgan fingerprint density at radius 1 is 1.09 bits per heavy atom. The van der Waals surface area contributed by atoms with Gasteiger partial charge in [-0.25, -0.2) is 9.97 Å². The van der Waals surface area contributed by atoms with Crippen molar-refractivity contribution in [2.75, 3.05) is 32.1 Å². The van der Waals surface area contributed by atoms with Gasteiger partial charge in [-0.1, -0.05) is 24.3 Å². The fraction of sp³-hybridized carbons (Fsp3) is 0.308. The Hall–Kier alpha value is -3.98. The molecule has 9 heteroatoms. The maximum absolute atomic E-state index is 12.8. The summed E-state index contributed by atoms with van der Waals surface area (Å²) in [4.78, 5) is 35.1. The summed E-state index contributed by atoms with van der Waals surface area (Å²) < 4.78 is 10.2. The summed E-state index contributed by atoms with van der Waals surface area (Å²) in [7, 11) is 1.64. The van der Waals surface area contributed by atoms with Gasteiger partial charge in [-0.05, 0) is 42.3 Å². The fourth-order valence-electron chi connectivity index (χ4n) is 3.86. The summed E-state index contributed by atoms with van der Waals surface area (Å²) in [5.74, 6) is 0.843. The summed E-state index contributed by atoms with van der Waals surface area (Å²) in [6.07, 6.45) is 3.59. The van der Waals surface area contributed by atoms with Gasteiger partial charge in [0.25, 0.3) is 0 Å². The summed E-state index contributed by atoms with van der Waals surface area (Å²) in [6.45, 7) is 3.77. The number of piperazine rings is 1. The van der Waals surface area contributed by atoms with Gasteiger partial charge in [0.2, 0.25) is 11.9 Å². The van der Waals surface area contributed by atoms with E-state index in [2.05, 4.69) is 20.6 Å². The van der Waals surface area contributed by atoms with Crippen molar-refractivity contribution in [3.63, 3.8) is 0 Å². The van der Waals surface area contributed by atoms with E-state index in [1.165, 1.54) is 0 Å². The number of rotatable bonds is 9. The van der Waals surface area contributed by atoms with E-state index in [-0.39, 0.29) is 18.3 Å². The molecule has 1 aliphatic rings. The highest BCUT2D eigenvalue weighted by Gasteiger charge is 2.30. The first-order chi connectivity index (χ1) is 17.1. The maximum Gasteiger partial charge on any atom is 0.307 e. The SMILES string of the molecule is CCOC(=O)CC1NCCN(Cc2ccc(Nc3ncc(-c4ccc(OC)cc4)cn3)cc2)C1=O. The number of nitrogens with zero attached hydrogens (tertiary/aromatic N) is 3. The second kappa shape index (κ2) is 11.4. The molecule has 1 saturated heterocycles. The molecular weight excluding hydrogens is 446 g/mol. The fourth-order valence-corrected chi connectivity index (χ4v) is 3.86. The predicted octanol–water partition coefficient (Wildman–Crippen LogP) is 3.15. The van der Waals surface area contributed by atoms with Crippen molar-refractivity contribution in [2.45, 2.75) is 25.9 Å². The van der Waals surface area contributed by atoms with Crippen molar-refractivity contribution in [1.82, 2.24) is 20.2 Å². The van der Waals surface area contributed by atoms with Crippen LogP contribution in [0.5, 0.6) is 5.75 Å². The van der Waals surface area contributed by atoms with E-state index in [1.807, 2.05) is 48.5 Å². The van der Waals surface area contributed by atoms with Crippen LogP contribution in [-0.2, 0) is 20.9 Å². The van der Waals surface area contributed by atoms with Crippen LogP contribution in [0.4, 0.5) is 11.6 Å². The van der Waals surface area contributed by atoms with Gasteiger partial charge in [-0.15, -0.1) is 0 Å². The van der Waals surface area contributed by atoms with Crippen LogP contribution < -0.4 is 15.4 Å². The number of hydrogen-bond acceptors (Lipinski definition) is 8. The minimum Gasteiger partial charge on any atom is -0.497 e. The van der Waals surface area contributed by atoms with Crippen LogP contribution in [0.25, 0.3) is 11.1 Å². The van der Waals surface area contributed by atoms with E-state index < -0.39 is 6.04 Å². The van der Waals surface area contributed by atoms with Crippen LogP contribution in [0.15, 0.2) is 60.9 Å². The number of benzene rings is 2. The van der Waals surface area contributed by atoms with Crippen molar-refractivity contribution in [3.8, 4) is 16.9 Å². The Bertz CT molecular complexity index is 1130. The third-order valence-corrected chi connectivity index (χ3v) is 5.72. The molecule has 1 atom stereocenters. The number of carbonyl (C=O) groups is 2. The molecule has 182 valence electrons. The predicted molar refractivity (Wildman–Crippen MR) is 132 cm³/mol. The normalized spacial score (nSPS) is 15.5. The highest BCUT2D eigenvalue weighted by Crippen LogP contribution is 2.22. The highest BCUT2D eigenvalue weighted by atomic mass is 16.5. The first-order valence-electron chi connectivity index (χ1n) is 11.6. The smallest absolute Gasteiger partial charge is 0.307 e. The Kier molecular flexibility index (Phi) is 7.89. The molecule has 1 fully saturated rings. The number of esters is 1. The van der Waals surface area contributed by atoms with E-state index in [0.717, 1.165) is 28.1 Å². The Morgan fingerprint density at radius 3 is 2.46 bits per heavy atom. The van der Waals surface area contributed by atoms with Gasteiger partial charge in [-0.3, -0.25) is 9.59 Å². The zero-order chi connectivity index (χ0) is 24.6. The zero-order valence-electron chi connectivity index (χ0n) is 19.9. The number of methoxy groups -OCH3 is 1. The molecule has 0 spiro atoms. The first kappa shape index (κ1) is 24.2. The molecule has 2 aromatic carbocycles. The summed E-state index contributed by atoms with van der Waals surface area (Å²) >= 11 is 0. The lowest BCUT2D eigenvalue weighted by atomic mass is 10.1. The molecular formula is C26H29N5O4. The lowest BCUT2D eigenvalue weighted by molar-refractivity contribution is -0.148. The second-order valence-electron chi connectivity index (χ2n) is 8.12. The second-order valence-corrected chi connectivity index (χ2v) is 8.12. The summed E-state index contributed by atoms with van der Waals surface area (Å²) in [5.41, 5.74) is 3.76. The van der Waals surface area contributed by atoms with Gasteiger partial charge in [0.1, 0.15) is 5.75 Å². The van der Waals surface area contributed by atoms with E-state index in [0.29, 0.717) is 32.2 Å². The van der Waals surface area contributed by atoms with Crippen LogP contribution in [-0.4, -0.2) is 59.6 Å². The molecule has 9 nitrogen and oxygen atoms in total. The van der Waals surface area contributed by atoms with Crippen molar-refractivity contribution in [3.05, 3.63) is 66.5 Å². The maximum atomic E-state index is 12.8. The number of nitrogens with one attached hydrogen (secondary N) is 2. The van der Waals surface area contributed by atoms with Crippen molar-refractivity contribution in [1.29, 1.82) is 0 Å². The third-order valence-electron chi connectivity index (χ3n) is 5.72. The number of anilines is 2. The van der Waals surface area contributed by atoms with Gasteiger partial charge < -0.3 is 25.0 Å². The average molecular weight is 476 g/mol. The lowest BCUT2D eigenvalue weighted by Gasteiger charge is -2.33. The molecule has 2 N–H and O–H groups in total. The van der Waals surface area contributed by atoms with Crippen LogP contribution >= 0.6 is 0 Å². The molecule has 3 aromatic rings. The van der Waals surface area contributed by atoms with Crippen molar-refractivity contribution < 1.29 is 19.1 Å². The Labute approximate surface area is 204 Å². The van der Waals surface area contributed by atoms with Gasteiger partial charge in [0.05, 0.1) is 26.2 Å². The van der Waals surface area contributed by atoms with E-state index in [9.17, 15) is 9.59 Å². The van der Waals surface area contributed by atoms with Crippen LogP contribution in [0, 0.1) is 0 Å². The monoisotopic (exact) mass is 475 g/mol. The molecule has 35 heavy (non-hydrogen) atoms. The minimum atomic E-state index is -0.540. The number of aromatic nitrogens is 2. The Balaban J connectivity index is 1.33. The summed E-state index contributed by atoms with van der Waals surface area (Å²) in [5, 5.41) is 6.31. The first-order valence-corrected chi connectivity index (χ1v) is 11.6. The quantitative estimate of drug-likeness (QED) is 0.455. The average Bonchev–Trinajstić information content (AvgIpc) is 2.88. The number of amides is 1. The Morgan fingerprint density at radius 2 is 1.80 bits per heavy atom. The molecule has 1 amide bonds. The molecule has 1 aromatic heterocycles. The highest BCUT2D eigenvalue weighted by molar-refractivity contribution is 5.87. The summed E-state index contributed by atoms with van der Waals surface area (Å²) in [6, 6.07) is 15.0. The molecule has 0 saturated carbocycles. The van der Waals surface area contributed by atoms with Crippen molar-refractivity contribution in [2.24, 2.45) is 0 Å². The van der Waals surface area contributed by atoms with Gasteiger partial charge in [-0.2, -0.15) is 0 Å². The van der Waals surface area contributed by atoms with E-state index in [1.54, 1.807) is 31.3 Å². The topological polar surface area (TPSA) is 106 Å². The minimum absolute atomic E-state index is 0.0449. The van der Waals surface area contributed by atoms with Crippen LogP contribution in [0.2, 0.25) is 0 Å². The molecule has 0 radical (unpaired) electrons. The van der Waals surface area contributed by atoms with Gasteiger partial charge in [0, 0.05) is 43.3 Å². The van der Waals surface area contributed by atoms with E-state index >= 15 is 0 Å².